The van der Waals surface area contributed by atoms with Crippen LogP contribution in [-0.2, 0) is 10.0 Å². The van der Waals surface area contributed by atoms with Crippen molar-refractivity contribution in [2.75, 3.05) is 32.0 Å². The third-order valence-electron chi connectivity index (χ3n) is 4.50. The van der Waals surface area contributed by atoms with Crippen LogP contribution in [0.3, 0.4) is 0 Å². The second-order valence-electron chi connectivity index (χ2n) is 7.32. The summed E-state index contributed by atoms with van der Waals surface area (Å²) in [6.07, 6.45) is 0.880. The number of benzene rings is 3. The first-order valence-electron chi connectivity index (χ1n) is 10.0. The molecule has 0 aliphatic carbocycles. The minimum atomic E-state index is -3.83. The molecule has 0 radical (unpaired) electrons. The highest BCUT2D eigenvalue weighted by Crippen LogP contribution is 2.31. The lowest BCUT2D eigenvalue weighted by atomic mass is 10.2. The largest absolute Gasteiger partial charge is 0.494 e. The Kier molecular flexibility index (Phi) is 7.71. The highest BCUT2D eigenvalue weighted by atomic mass is 32.2. The smallest absolute Gasteiger partial charge is 0.262 e. The first-order valence-corrected chi connectivity index (χ1v) is 11.5. The molecule has 0 amide bonds. The Morgan fingerprint density at radius 3 is 2.25 bits per heavy atom. The van der Waals surface area contributed by atoms with Gasteiger partial charge in [-0.05, 0) is 81.2 Å². The van der Waals surface area contributed by atoms with Gasteiger partial charge in [-0.3, -0.25) is 4.72 Å². The van der Waals surface area contributed by atoms with E-state index in [9.17, 15) is 8.42 Å². The van der Waals surface area contributed by atoms with Crippen LogP contribution in [0.15, 0.2) is 77.7 Å². The van der Waals surface area contributed by atoms with E-state index in [1.807, 2.05) is 20.2 Å². The van der Waals surface area contributed by atoms with Crippen molar-refractivity contribution in [1.29, 1.82) is 5.26 Å². The topological polar surface area (TPSA) is 91.7 Å². The van der Waals surface area contributed by atoms with Gasteiger partial charge >= 0.3 is 0 Å². The van der Waals surface area contributed by atoms with Gasteiger partial charge in [0.1, 0.15) is 11.5 Å². The number of rotatable bonds is 10. The summed E-state index contributed by atoms with van der Waals surface area (Å²) in [4.78, 5) is 2.19. The molecule has 0 saturated carbocycles. The van der Waals surface area contributed by atoms with Crippen molar-refractivity contribution < 1.29 is 17.9 Å². The molecule has 0 atom stereocenters. The Hall–Kier alpha value is -3.54. The monoisotopic (exact) mass is 451 g/mol. The molecule has 3 aromatic rings. The third kappa shape index (κ3) is 6.48. The molecule has 0 bridgehead atoms. The summed E-state index contributed by atoms with van der Waals surface area (Å²) in [5.41, 5.74) is 0.817. The lowest BCUT2D eigenvalue weighted by Gasteiger charge is -2.14. The SMILES string of the molecule is CN(C)CCCOc1ccc(S(=O)(=O)Nc2ccccc2Oc2ccc(C#N)cc2)cc1. The molecule has 32 heavy (non-hydrogen) atoms. The molecule has 8 heteroatoms. The van der Waals surface area contributed by atoms with Crippen LogP contribution >= 0.6 is 0 Å². The molecule has 3 aromatic carbocycles. The minimum Gasteiger partial charge on any atom is -0.494 e. The number of hydrogen-bond donors (Lipinski definition) is 1. The molecule has 0 spiro atoms. The summed E-state index contributed by atoms with van der Waals surface area (Å²) >= 11 is 0. The third-order valence-corrected chi connectivity index (χ3v) is 5.88. The Balaban J connectivity index is 1.69. The Morgan fingerprint density at radius 2 is 1.59 bits per heavy atom. The predicted molar refractivity (Wildman–Crippen MR) is 124 cm³/mol. The highest BCUT2D eigenvalue weighted by molar-refractivity contribution is 7.92. The van der Waals surface area contributed by atoms with Crippen LogP contribution in [0.1, 0.15) is 12.0 Å². The Bertz CT molecular complexity index is 1170. The number of nitrogens with one attached hydrogen (secondary N) is 1. The van der Waals surface area contributed by atoms with Gasteiger partial charge in [-0.15, -0.1) is 0 Å². The van der Waals surface area contributed by atoms with Gasteiger partial charge in [0.25, 0.3) is 10.0 Å². The van der Waals surface area contributed by atoms with E-state index in [-0.39, 0.29) is 4.90 Å². The van der Waals surface area contributed by atoms with Crippen LogP contribution in [0.4, 0.5) is 5.69 Å². The molecule has 7 nitrogen and oxygen atoms in total. The molecule has 3 rings (SSSR count). The van der Waals surface area contributed by atoms with E-state index in [0.717, 1.165) is 13.0 Å². The summed E-state index contributed by atoms with van der Waals surface area (Å²) in [6.45, 7) is 1.48. The van der Waals surface area contributed by atoms with Crippen LogP contribution < -0.4 is 14.2 Å². The van der Waals surface area contributed by atoms with Crippen LogP contribution in [0.5, 0.6) is 17.2 Å². The van der Waals surface area contributed by atoms with E-state index in [2.05, 4.69) is 9.62 Å². The summed E-state index contributed by atoms with van der Waals surface area (Å²) < 4.78 is 39.8. The van der Waals surface area contributed by atoms with Crippen molar-refractivity contribution in [3.63, 3.8) is 0 Å². The molecular formula is C24H25N3O4S. The molecule has 0 aliphatic heterocycles. The van der Waals surface area contributed by atoms with E-state index in [1.165, 1.54) is 12.1 Å². The van der Waals surface area contributed by atoms with Crippen molar-refractivity contribution in [2.45, 2.75) is 11.3 Å². The molecule has 0 fully saturated rings. The Labute approximate surface area is 188 Å². The summed E-state index contributed by atoms with van der Waals surface area (Å²) in [6, 6.07) is 21.7. The van der Waals surface area contributed by atoms with Gasteiger partial charge in [0.2, 0.25) is 0 Å². The number of nitriles is 1. The van der Waals surface area contributed by atoms with Gasteiger partial charge in [0, 0.05) is 6.54 Å². The first kappa shape index (κ1) is 23.1. The zero-order valence-corrected chi connectivity index (χ0v) is 18.8. The van der Waals surface area contributed by atoms with Gasteiger partial charge in [-0.25, -0.2) is 8.42 Å². The normalized spacial score (nSPS) is 11.1. The molecule has 1 N–H and O–H groups in total. The Morgan fingerprint density at radius 1 is 0.938 bits per heavy atom. The lowest BCUT2D eigenvalue weighted by molar-refractivity contribution is 0.281. The number of nitrogens with zero attached hydrogens (tertiary/aromatic N) is 2. The number of ether oxygens (including phenoxy) is 2. The van der Waals surface area contributed by atoms with Crippen LogP contribution in [0, 0.1) is 11.3 Å². The summed E-state index contributed by atoms with van der Waals surface area (Å²) in [5, 5.41) is 8.91. The molecule has 0 aliphatic rings. The standard InChI is InChI=1S/C24H25N3O4S/c1-27(2)16-5-17-30-20-12-14-22(15-13-20)32(28,29)26-23-6-3-4-7-24(23)31-21-10-8-19(18-25)9-11-21/h3-4,6-15,26H,5,16-17H2,1-2H3. The van der Waals surface area contributed by atoms with Gasteiger partial charge in [-0.1, -0.05) is 12.1 Å². The van der Waals surface area contributed by atoms with Crippen LogP contribution in [-0.4, -0.2) is 40.6 Å². The van der Waals surface area contributed by atoms with E-state index in [1.54, 1.807) is 60.7 Å². The average molecular weight is 452 g/mol. The fraction of sp³-hybridized carbons (Fsp3) is 0.208. The van der Waals surface area contributed by atoms with E-state index in [4.69, 9.17) is 14.7 Å². The second kappa shape index (κ2) is 10.7. The van der Waals surface area contributed by atoms with E-state index >= 15 is 0 Å². The quantitative estimate of drug-likeness (QED) is 0.457. The van der Waals surface area contributed by atoms with Crippen molar-refractivity contribution >= 4 is 15.7 Å². The predicted octanol–water partition coefficient (Wildman–Crippen LogP) is 4.48. The molecule has 0 unspecified atom stereocenters. The zero-order valence-electron chi connectivity index (χ0n) is 18.0. The lowest BCUT2D eigenvalue weighted by Crippen LogP contribution is -2.15. The molecule has 0 aromatic heterocycles. The minimum absolute atomic E-state index is 0.117. The number of anilines is 1. The maximum Gasteiger partial charge on any atom is 0.262 e. The fourth-order valence-electron chi connectivity index (χ4n) is 2.85. The first-order chi connectivity index (χ1) is 15.4. The van der Waals surface area contributed by atoms with Crippen molar-refractivity contribution in [3.8, 4) is 23.3 Å². The van der Waals surface area contributed by atoms with Crippen molar-refractivity contribution in [2.24, 2.45) is 0 Å². The van der Waals surface area contributed by atoms with E-state index in [0.29, 0.717) is 35.1 Å². The van der Waals surface area contributed by atoms with Crippen LogP contribution in [0.25, 0.3) is 0 Å². The zero-order chi connectivity index (χ0) is 23.0. The maximum absolute atomic E-state index is 12.9. The van der Waals surface area contributed by atoms with Gasteiger partial charge < -0.3 is 14.4 Å². The molecule has 0 heterocycles. The number of hydrogen-bond acceptors (Lipinski definition) is 6. The van der Waals surface area contributed by atoms with Gasteiger partial charge in [0.15, 0.2) is 5.75 Å². The average Bonchev–Trinajstić information content (AvgIpc) is 2.78. The molecule has 0 saturated heterocycles. The van der Waals surface area contributed by atoms with Gasteiger partial charge in [-0.2, -0.15) is 5.26 Å². The van der Waals surface area contributed by atoms with E-state index < -0.39 is 10.0 Å². The van der Waals surface area contributed by atoms with Crippen LogP contribution in [0.2, 0.25) is 0 Å². The summed E-state index contributed by atoms with van der Waals surface area (Å²) in [5.74, 6) is 1.46. The van der Waals surface area contributed by atoms with Crippen molar-refractivity contribution in [3.05, 3.63) is 78.4 Å². The molecule has 166 valence electrons. The number of para-hydroxylation sites is 2. The summed E-state index contributed by atoms with van der Waals surface area (Å²) in [7, 11) is 0.173. The number of sulfonamides is 1. The maximum atomic E-state index is 12.9. The highest BCUT2D eigenvalue weighted by Gasteiger charge is 2.17. The van der Waals surface area contributed by atoms with Gasteiger partial charge in [0.05, 0.1) is 28.8 Å². The molecular weight excluding hydrogens is 426 g/mol. The second-order valence-corrected chi connectivity index (χ2v) is 9.00. The fourth-order valence-corrected chi connectivity index (χ4v) is 3.92. The van der Waals surface area contributed by atoms with Crippen molar-refractivity contribution in [1.82, 2.24) is 4.90 Å².